The van der Waals surface area contributed by atoms with Gasteiger partial charge in [-0.15, -0.1) is 0 Å². The van der Waals surface area contributed by atoms with Crippen molar-refractivity contribution < 1.29 is 4.74 Å². The van der Waals surface area contributed by atoms with E-state index in [1.165, 1.54) is 19.5 Å². The van der Waals surface area contributed by atoms with Gasteiger partial charge in [0.15, 0.2) is 0 Å². The lowest BCUT2D eigenvalue weighted by Crippen LogP contribution is -2.22. The highest BCUT2D eigenvalue weighted by Crippen LogP contribution is 2.22. The lowest BCUT2D eigenvalue weighted by molar-refractivity contribution is 0.263. The molecule has 3 N–H and O–H groups in total. The highest BCUT2D eigenvalue weighted by atomic mass is 16.5. The van der Waals surface area contributed by atoms with E-state index >= 15 is 0 Å². The average molecular weight is 292 g/mol. The second-order valence-corrected chi connectivity index (χ2v) is 6.22. The fraction of sp³-hybridized carbons (Fsp3) is 0.688. The van der Waals surface area contributed by atoms with Crippen molar-refractivity contribution in [1.82, 2.24) is 9.88 Å². The molecule has 0 saturated carbocycles. The van der Waals surface area contributed by atoms with E-state index in [-0.39, 0.29) is 0 Å². The maximum atomic E-state index is 5.91. The monoisotopic (exact) mass is 292 g/mol. The van der Waals surface area contributed by atoms with Gasteiger partial charge in [-0.05, 0) is 43.5 Å². The van der Waals surface area contributed by atoms with Crippen molar-refractivity contribution >= 4 is 11.5 Å². The highest BCUT2D eigenvalue weighted by molar-refractivity contribution is 5.53. The summed E-state index contributed by atoms with van der Waals surface area (Å²) in [7, 11) is 0. The summed E-state index contributed by atoms with van der Waals surface area (Å²) in [5, 5.41) is 3.41. The fourth-order valence-electron chi connectivity index (χ4n) is 2.53. The molecule has 0 spiro atoms. The third-order valence-electron chi connectivity index (χ3n) is 3.83. The first kappa shape index (κ1) is 15.9. The van der Waals surface area contributed by atoms with Crippen molar-refractivity contribution in [3.8, 4) is 5.88 Å². The number of hydrogen-bond donors (Lipinski definition) is 2. The topological polar surface area (TPSA) is 63.4 Å². The van der Waals surface area contributed by atoms with Crippen molar-refractivity contribution in [3.05, 3.63) is 12.1 Å². The van der Waals surface area contributed by atoms with Crippen LogP contribution < -0.4 is 15.8 Å². The first-order valence-corrected chi connectivity index (χ1v) is 7.94. The van der Waals surface area contributed by atoms with E-state index in [9.17, 15) is 0 Å². The summed E-state index contributed by atoms with van der Waals surface area (Å²) in [4.78, 5) is 6.96. The molecule has 1 saturated heterocycles. The van der Waals surface area contributed by atoms with Gasteiger partial charge in [0.1, 0.15) is 5.82 Å². The summed E-state index contributed by atoms with van der Waals surface area (Å²) in [6.45, 7) is 11.6. The van der Waals surface area contributed by atoms with Crippen LogP contribution in [0.2, 0.25) is 0 Å². The molecule has 1 fully saturated rings. The van der Waals surface area contributed by atoms with E-state index in [1.54, 1.807) is 0 Å². The Hall–Kier alpha value is -1.49. The molecule has 0 bridgehead atoms. The van der Waals surface area contributed by atoms with Crippen LogP contribution in [0.1, 0.15) is 27.2 Å². The van der Waals surface area contributed by atoms with Gasteiger partial charge in [0.2, 0.25) is 5.88 Å². The van der Waals surface area contributed by atoms with Gasteiger partial charge in [-0.2, -0.15) is 4.98 Å². The highest BCUT2D eigenvalue weighted by Gasteiger charge is 2.20. The molecule has 1 aromatic rings. The van der Waals surface area contributed by atoms with Crippen LogP contribution in [0, 0.1) is 11.8 Å². The number of nitrogens with one attached hydrogen (secondary N) is 1. The van der Waals surface area contributed by atoms with Crippen molar-refractivity contribution in [2.24, 2.45) is 11.8 Å². The van der Waals surface area contributed by atoms with Crippen LogP contribution in [0.4, 0.5) is 11.5 Å². The summed E-state index contributed by atoms with van der Waals surface area (Å²) < 4.78 is 5.66. The quantitative estimate of drug-likeness (QED) is 0.808. The van der Waals surface area contributed by atoms with Crippen LogP contribution in [0.25, 0.3) is 0 Å². The Morgan fingerprint density at radius 3 is 2.95 bits per heavy atom. The summed E-state index contributed by atoms with van der Waals surface area (Å²) in [5.41, 5.74) is 6.50. The van der Waals surface area contributed by atoms with Gasteiger partial charge in [-0.1, -0.05) is 20.8 Å². The lowest BCUT2D eigenvalue weighted by atomic mass is 10.1. The molecule has 0 aromatic carbocycles. The number of nitrogens with two attached hydrogens (primary N) is 1. The van der Waals surface area contributed by atoms with Gasteiger partial charge < -0.3 is 20.7 Å². The minimum absolute atomic E-state index is 0.460. The Bertz CT molecular complexity index is 450. The van der Waals surface area contributed by atoms with Crippen LogP contribution >= 0.6 is 0 Å². The molecule has 1 aliphatic heterocycles. The van der Waals surface area contributed by atoms with E-state index in [1.807, 2.05) is 12.1 Å². The summed E-state index contributed by atoms with van der Waals surface area (Å²) in [5.74, 6) is 2.54. The first-order chi connectivity index (χ1) is 10.1. The molecule has 2 rings (SSSR count). The van der Waals surface area contributed by atoms with Crippen LogP contribution in [0.5, 0.6) is 5.88 Å². The molecule has 1 aromatic heterocycles. The molecule has 21 heavy (non-hydrogen) atoms. The van der Waals surface area contributed by atoms with Gasteiger partial charge in [0.05, 0.1) is 12.3 Å². The van der Waals surface area contributed by atoms with Gasteiger partial charge in [0, 0.05) is 13.1 Å². The van der Waals surface area contributed by atoms with E-state index in [4.69, 9.17) is 10.5 Å². The Kier molecular flexibility index (Phi) is 5.67. The van der Waals surface area contributed by atoms with Crippen LogP contribution in [-0.2, 0) is 0 Å². The Morgan fingerprint density at radius 1 is 1.48 bits per heavy atom. The van der Waals surface area contributed by atoms with Gasteiger partial charge in [-0.25, -0.2) is 0 Å². The molecule has 2 heterocycles. The summed E-state index contributed by atoms with van der Waals surface area (Å²) in [6, 6.07) is 3.78. The van der Waals surface area contributed by atoms with E-state index in [0.717, 1.165) is 18.9 Å². The number of rotatable bonds is 7. The zero-order valence-electron chi connectivity index (χ0n) is 13.4. The number of likely N-dealkylation sites (tertiary alicyclic amines) is 1. The molecule has 118 valence electrons. The summed E-state index contributed by atoms with van der Waals surface area (Å²) >= 11 is 0. The molecule has 5 heteroatoms. The molecular weight excluding hydrogens is 264 g/mol. The van der Waals surface area contributed by atoms with Gasteiger partial charge >= 0.3 is 0 Å². The number of hydrogen-bond acceptors (Lipinski definition) is 5. The average Bonchev–Trinajstić information content (AvgIpc) is 2.93. The molecule has 1 atom stereocenters. The third-order valence-corrected chi connectivity index (χ3v) is 3.83. The maximum absolute atomic E-state index is 5.91. The molecule has 0 radical (unpaired) electrons. The van der Waals surface area contributed by atoms with Gasteiger partial charge in [0.25, 0.3) is 0 Å². The Labute approximate surface area is 127 Å². The predicted molar refractivity (Wildman–Crippen MR) is 87.7 cm³/mol. The smallest absolute Gasteiger partial charge is 0.239 e. The van der Waals surface area contributed by atoms with Crippen LogP contribution in [-0.4, -0.2) is 42.7 Å². The second kappa shape index (κ2) is 7.50. The van der Waals surface area contributed by atoms with Gasteiger partial charge in [-0.3, -0.25) is 0 Å². The maximum Gasteiger partial charge on any atom is 0.239 e. The Balaban J connectivity index is 1.87. The van der Waals surface area contributed by atoms with Crippen molar-refractivity contribution in [2.75, 3.05) is 43.8 Å². The number of ether oxygens (including phenoxy) is 1. The van der Waals surface area contributed by atoms with E-state index in [0.29, 0.717) is 30.0 Å². The molecule has 1 aliphatic rings. The second-order valence-electron chi connectivity index (χ2n) is 6.22. The normalized spacial score (nSPS) is 19.1. The molecule has 0 amide bonds. The SMILES string of the molecule is CCN1CCC(CNc2ccc(N)c(OCC(C)C)n2)C1. The fourth-order valence-corrected chi connectivity index (χ4v) is 2.53. The molecular formula is C16H28N4O. The minimum Gasteiger partial charge on any atom is -0.476 e. The molecule has 1 unspecified atom stereocenters. The first-order valence-electron chi connectivity index (χ1n) is 7.94. The largest absolute Gasteiger partial charge is 0.476 e. The summed E-state index contributed by atoms with van der Waals surface area (Å²) in [6.07, 6.45) is 1.26. The number of aromatic nitrogens is 1. The zero-order valence-corrected chi connectivity index (χ0v) is 13.4. The van der Waals surface area contributed by atoms with Crippen molar-refractivity contribution in [3.63, 3.8) is 0 Å². The van der Waals surface area contributed by atoms with Crippen molar-refractivity contribution in [1.29, 1.82) is 0 Å². The number of nitrogens with zero attached hydrogens (tertiary/aromatic N) is 2. The number of pyridine rings is 1. The lowest BCUT2D eigenvalue weighted by Gasteiger charge is -2.15. The molecule has 0 aliphatic carbocycles. The number of nitrogen functional groups attached to an aromatic ring is 1. The van der Waals surface area contributed by atoms with E-state index < -0.39 is 0 Å². The predicted octanol–water partition coefficient (Wildman–Crippen LogP) is 2.45. The third kappa shape index (κ3) is 4.77. The van der Waals surface area contributed by atoms with Crippen LogP contribution in [0.15, 0.2) is 12.1 Å². The minimum atomic E-state index is 0.460. The van der Waals surface area contributed by atoms with Crippen molar-refractivity contribution in [2.45, 2.75) is 27.2 Å². The standard InChI is InChI=1S/C16H28N4O/c1-4-20-8-7-13(10-20)9-18-15-6-5-14(17)16(19-15)21-11-12(2)3/h5-6,12-13H,4,7-11,17H2,1-3H3,(H,18,19). The zero-order chi connectivity index (χ0) is 15.2. The molecule has 5 nitrogen and oxygen atoms in total. The van der Waals surface area contributed by atoms with E-state index in [2.05, 4.69) is 36.0 Å². The van der Waals surface area contributed by atoms with Crippen LogP contribution in [0.3, 0.4) is 0 Å². The Morgan fingerprint density at radius 2 is 2.29 bits per heavy atom. The number of anilines is 2.